The summed E-state index contributed by atoms with van der Waals surface area (Å²) in [7, 11) is 0. The van der Waals surface area contributed by atoms with E-state index in [0.29, 0.717) is 13.2 Å². The van der Waals surface area contributed by atoms with E-state index in [2.05, 4.69) is 6.07 Å². The number of nitrogens with two attached hydrogens (primary N) is 1. The fourth-order valence-electron chi connectivity index (χ4n) is 1.11. The van der Waals surface area contributed by atoms with Crippen molar-refractivity contribution in [1.29, 1.82) is 5.26 Å². The summed E-state index contributed by atoms with van der Waals surface area (Å²) in [6, 6.07) is 2.21. The molecule has 1 aliphatic rings. The molecule has 1 rings (SSSR count). The molecule has 1 heterocycles. The first kappa shape index (κ1) is 7.52. The predicted octanol–water partition coefficient (Wildman–Crippen LogP) is 0.264. The highest BCUT2D eigenvalue weighted by Crippen LogP contribution is 2.13. The quantitative estimate of drug-likeness (QED) is 0.525. The molecule has 0 bridgehead atoms. The van der Waals surface area contributed by atoms with Gasteiger partial charge in [0.15, 0.2) is 0 Å². The van der Waals surface area contributed by atoms with Crippen molar-refractivity contribution in [3.8, 4) is 6.07 Å². The lowest BCUT2D eigenvalue weighted by atomic mass is 9.98. The van der Waals surface area contributed by atoms with Gasteiger partial charge < -0.3 is 10.5 Å². The normalized spacial score (nSPS) is 34.4. The van der Waals surface area contributed by atoms with E-state index in [0.717, 1.165) is 12.8 Å². The highest BCUT2D eigenvalue weighted by molar-refractivity contribution is 4.91. The Morgan fingerprint density at radius 3 is 2.80 bits per heavy atom. The van der Waals surface area contributed by atoms with Gasteiger partial charge in [-0.15, -0.1) is 0 Å². The number of nitrogens with zero attached hydrogens (tertiary/aromatic N) is 1. The molecule has 0 aromatic heterocycles. The Balaban J connectivity index is 2.45. The average molecular weight is 140 g/mol. The molecule has 3 heteroatoms. The van der Waals surface area contributed by atoms with Crippen LogP contribution in [0, 0.1) is 17.2 Å². The minimum Gasteiger partial charge on any atom is -0.381 e. The van der Waals surface area contributed by atoms with Crippen LogP contribution in [0.4, 0.5) is 0 Å². The topological polar surface area (TPSA) is 59.0 Å². The van der Waals surface area contributed by atoms with Gasteiger partial charge in [0.25, 0.3) is 0 Å². The van der Waals surface area contributed by atoms with E-state index >= 15 is 0 Å². The maximum absolute atomic E-state index is 8.60. The van der Waals surface area contributed by atoms with Crippen LogP contribution in [-0.2, 0) is 4.74 Å². The van der Waals surface area contributed by atoms with Crippen LogP contribution >= 0.6 is 0 Å². The minimum atomic E-state index is 0.00231. The second kappa shape index (κ2) is 3.55. The first-order chi connectivity index (χ1) is 4.84. The molecule has 0 aromatic carbocycles. The fraction of sp³-hybridized carbons (Fsp3) is 0.857. The predicted molar refractivity (Wildman–Crippen MR) is 37.1 cm³/mol. The Labute approximate surface area is 60.8 Å². The summed E-state index contributed by atoms with van der Waals surface area (Å²) < 4.78 is 5.17. The molecule has 0 saturated carbocycles. The monoisotopic (exact) mass is 140 g/mol. The summed E-state index contributed by atoms with van der Waals surface area (Å²) >= 11 is 0. The van der Waals surface area contributed by atoms with Crippen LogP contribution < -0.4 is 5.73 Å². The summed E-state index contributed by atoms with van der Waals surface area (Å²) in [6.07, 6.45) is 1.61. The first-order valence-electron chi connectivity index (χ1n) is 3.57. The molecule has 10 heavy (non-hydrogen) atoms. The summed E-state index contributed by atoms with van der Waals surface area (Å²) in [5.41, 5.74) is 5.69. The van der Waals surface area contributed by atoms with Crippen LogP contribution in [0.1, 0.15) is 12.8 Å². The second-order valence-electron chi connectivity index (χ2n) is 2.59. The van der Waals surface area contributed by atoms with Crippen LogP contribution in [0.2, 0.25) is 0 Å². The van der Waals surface area contributed by atoms with Crippen LogP contribution in [0.25, 0.3) is 0 Å². The number of nitriles is 1. The van der Waals surface area contributed by atoms with Gasteiger partial charge in [0, 0.05) is 19.3 Å². The van der Waals surface area contributed by atoms with Gasteiger partial charge in [-0.2, -0.15) is 5.26 Å². The van der Waals surface area contributed by atoms with Gasteiger partial charge in [0.2, 0.25) is 0 Å². The number of ether oxygens (including phenoxy) is 1. The lowest BCUT2D eigenvalue weighted by molar-refractivity contribution is 0.142. The van der Waals surface area contributed by atoms with Crippen LogP contribution in [0.5, 0.6) is 0 Å². The molecule has 1 fully saturated rings. The summed E-state index contributed by atoms with van der Waals surface area (Å²) in [5, 5.41) is 8.60. The molecule has 3 nitrogen and oxygen atoms in total. The van der Waals surface area contributed by atoms with Gasteiger partial charge in [-0.1, -0.05) is 0 Å². The Hall–Kier alpha value is -0.590. The van der Waals surface area contributed by atoms with E-state index in [1.165, 1.54) is 0 Å². The van der Waals surface area contributed by atoms with E-state index in [-0.39, 0.29) is 12.0 Å². The van der Waals surface area contributed by atoms with E-state index in [1.54, 1.807) is 0 Å². The Kier molecular flexibility index (Phi) is 2.67. The summed E-state index contributed by atoms with van der Waals surface area (Å²) in [6.45, 7) is 1.39. The zero-order valence-corrected chi connectivity index (χ0v) is 5.92. The van der Waals surface area contributed by atoms with Gasteiger partial charge in [-0.3, -0.25) is 0 Å². The molecule has 0 aliphatic carbocycles. The van der Waals surface area contributed by atoms with E-state index in [1.807, 2.05) is 0 Å². The van der Waals surface area contributed by atoms with Gasteiger partial charge in [-0.25, -0.2) is 0 Å². The molecule has 0 aromatic rings. The third-order valence-corrected chi connectivity index (χ3v) is 1.85. The van der Waals surface area contributed by atoms with Crippen molar-refractivity contribution in [2.75, 3.05) is 13.2 Å². The van der Waals surface area contributed by atoms with Crippen molar-refractivity contribution in [1.82, 2.24) is 0 Å². The van der Waals surface area contributed by atoms with E-state index in [4.69, 9.17) is 15.7 Å². The Bertz CT molecular complexity index is 141. The fourth-order valence-corrected chi connectivity index (χ4v) is 1.11. The molecular formula is C7H12N2O. The smallest absolute Gasteiger partial charge is 0.0673 e. The molecule has 56 valence electrons. The molecule has 0 radical (unpaired) electrons. The van der Waals surface area contributed by atoms with Gasteiger partial charge in [-0.05, 0) is 12.8 Å². The second-order valence-corrected chi connectivity index (χ2v) is 2.59. The van der Waals surface area contributed by atoms with Gasteiger partial charge in [0.1, 0.15) is 0 Å². The Morgan fingerprint density at radius 2 is 2.10 bits per heavy atom. The highest BCUT2D eigenvalue weighted by atomic mass is 16.5. The standard InChI is InChI=1S/C7H12N2O/c8-5-6-1-3-10-4-2-7(6)9/h6-7H,1-4,9H2/t6-,7+/m1/s1. The van der Waals surface area contributed by atoms with Gasteiger partial charge in [0.05, 0.1) is 12.0 Å². The van der Waals surface area contributed by atoms with Crippen molar-refractivity contribution in [3.05, 3.63) is 0 Å². The molecule has 2 N–H and O–H groups in total. The lowest BCUT2D eigenvalue weighted by Gasteiger charge is -2.10. The minimum absolute atomic E-state index is 0.00231. The van der Waals surface area contributed by atoms with Crippen LogP contribution in [0.15, 0.2) is 0 Å². The number of hydrogen-bond acceptors (Lipinski definition) is 3. The molecule has 0 amide bonds. The lowest BCUT2D eigenvalue weighted by Crippen LogP contribution is -2.28. The van der Waals surface area contributed by atoms with Crippen molar-refractivity contribution >= 4 is 0 Å². The van der Waals surface area contributed by atoms with Crippen molar-refractivity contribution in [3.63, 3.8) is 0 Å². The van der Waals surface area contributed by atoms with Crippen LogP contribution in [-0.4, -0.2) is 19.3 Å². The first-order valence-corrected chi connectivity index (χ1v) is 3.57. The summed E-state index contributed by atoms with van der Waals surface area (Å²) in [4.78, 5) is 0. The van der Waals surface area contributed by atoms with Crippen molar-refractivity contribution < 1.29 is 4.74 Å². The third-order valence-electron chi connectivity index (χ3n) is 1.85. The molecule has 0 spiro atoms. The van der Waals surface area contributed by atoms with Crippen molar-refractivity contribution in [2.45, 2.75) is 18.9 Å². The largest absolute Gasteiger partial charge is 0.381 e. The van der Waals surface area contributed by atoms with Crippen molar-refractivity contribution in [2.24, 2.45) is 11.7 Å². The number of rotatable bonds is 0. The van der Waals surface area contributed by atoms with Gasteiger partial charge >= 0.3 is 0 Å². The maximum Gasteiger partial charge on any atom is 0.0673 e. The zero-order chi connectivity index (χ0) is 7.40. The van der Waals surface area contributed by atoms with E-state index in [9.17, 15) is 0 Å². The van der Waals surface area contributed by atoms with Crippen LogP contribution in [0.3, 0.4) is 0 Å². The number of hydrogen-bond donors (Lipinski definition) is 1. The molecule has 2 atom stereocenters. The Morgan fingerprint density at radius 1 is 1.40 bits per heavy atom. The maximum atomic E-state index is 8.60. The average Bonchev–Trinajstić information content (AvgIpc) is 2.13. The SMILES string of the molecule is N#C[C@H]1CCOCC[C@@H]1N. The highest BCUT2D eigenvalue weighted by Gasteiger charge is 2.19. The molecular weight excluding hydrogens is 128 g/mol. The molecule has 1 saturated heterocycles. The molecule has 1 aliphatic heterocycles. The summed E-state index contributed by atoms with van der Waals surface area (Å²) in [5.74, 6) is 0.00231. The third kappa shape index (κ3) is 1.69. The zero-order valence-electron chi connectivity index (χ0n) is 5.92. The van der Waals surface area contributed by atoms with E-state index < -0.39 is 0 Å². The molecule has 0 unspecified atom stereocenters.